The van der Waals surface area contributed by atoms with Crippen molar-refractivity contribution in [2.24, 2.45) is 0 Å². The number of ketones is 1. The Morgan fingerprint density at radius 2 is 1.78 bits per heavy atom. The SMILES string of the molecule is COc1ccc(CN(Cc2ccco2)CC(O)COc2ccc(C(C)=O)cc2)cc1OC. The van der Waals surface area contributed by atoms with Crippen molar-refractivity contribution in [2.45, 2.75) is 26.1 Å². The second kappa shape index (κ2) is 11.4. The lowest BCUT2D eigenvalue weighted by atomic mass is 10.1. The van der Waals surface area contributed by atoms with Crippen molar-refractivity contribution >= 4 is 5.78 Å². The van der Waals surface area contributed by atoms with Crippen molar-refractivity contribution < 1.29 is 28.5 Å². The average Bonchev–Trinajstić information content (AvgIpc) is 3.30. The molecule has 0 fully saturated rings. The third-order valence-electron chi connectivity index (χ3n) is 4.99. The highest BCUT2D eigenvalue weighted by atomic mass is 16.5. The van der Waals surface area contributed by atoms with E-state index in [4.69, 9.17) is 18.6 Å². The summed E-state index contributed by atoms with van der Waals surface area (Å²) in [4.78, 5) is 13.5. The number of rotatable bonds is 12. The van der Waals surface area contributed by atoms with Gasteiger partial charge in [0.2, 0.25) is 0 Å². The summed E-state index contributed by atoms with van der Waals surface area (Å²) in [7, 11) is 3.21. The number of hydrogen-bond acceptors (Lipinski definition) is 7. The van der Waals surface area contributed by atoms with Gasteiger partial charge in [0.1, 0.15) is 24.2 Å². The van der Waals surface area contributed by atoms with Crippen LogP contribution in [0, 0.1) is 0 Å². The van der Waals surface area contributed by atoms with Gasteiger partial charge in [0.05, 0.1) is 27.0 Å². The fourth-order valence-electron chi connectivity index (χ4n) is 3.37. The first-order valence-electron chi connectivity index (χ1n) is 10.4. The zero-order valence-electron chi connectivity index (χ0n) is 18.6. The van der Waals surface area contributed by atoms with E-state index in [1.165, 1.54) is 6.92 Å². The Balaban J connectivity index is 1.63. The first-order valence-corrected chi connectivity index (χ1v) is 10.4. The molecular weight excluding hydrogens is 410 g/mol. The van der Waals surface area contributed by atoms with Crippen LogP contribution in [0.25, 0.3) is 0 Å². The molecule has 3 rings (SSSR count). The number of carbonyl (C=O) groups is 1. The lowest BCUT2D eigenvalue weighted by molar-refractivity contribution is 0.0604. The summed E-state index contributed by atoms with van der Waals surface area (Å²) < 4.78 is 21.9. The molecule has 0 aliphatic heterocycles. The van der Waals surface area contributed by atoms with Crippen LogP contribution in [-0.2, 0) is 13.1 Å². The number of benzene rings is 2. The molecule has 1 unspecified atom stereocenters. The van der Waals surface area contributed by atoms with Crippen molar-refractivity contribution in [1.82, 2.24) is 4.90 Å². The molecule has 0 radical (unpaired) electrons. The van der Waals surface area contributed by atoms with Crippen LogP contribution in [0.5, 0.6) is 17.2 Å². The van der Waals surface area contributed by atoms with Gasteiger partial charge in [0.25, 0.3) is 0 Å². The second-order valence-corrected chi connectivity index (χ2v) is 7.48. The molecule has 0 spiro atoms. The van der Waals surface area contributed by atoms with Crippen molar-refractivity contribution in [2.75, 3.05) is 27.4 Å². The van der Waals surface area contributed by atoms with Gasteiger partial charge in [0, 0.05) is 18.7 Å². The predicted octanol–water partition coefficient (Wildman–Crippen LogP) is 3.94. The Bertz CT molecular complexity index is 984. The van der Waals surface area contributed by atoms with E-state index in [1.54, 1.807) is 44.7 Å². The molecule has 1 aromatic heterocycles. The maximum atomic E-state index is 11.4. The van der Waals surface area contributed by atoms with Gasteiger partial charge >= 0.3 is 0 Å². The van der Waals surface area contributed by atoms with E-state index in [0.29, 0.717) is 42.4 Å². The number of Topliss-reactive ketones (excluding diaryl/α,β-unsaturated/α-hetero) is 1. The predicted molar refractivity (Wildman–Crippen MR) is 120 cm³/mol. The largest absolute Gasteiger partial charge is 0.493 e. The van der Waals surface area contributed by atoms with E-state index in [9.17, 15) is 9.90 Å². The van der Waals surface area contributed by atoms with Gasteiger partial charge in [-0.15, -0.1) is 0 Å². The highest BCUT2D eigenvalue weighted by Gasteiger charge is 2.16. The first-order chi connectivity index (χ1) is 15.5. The highest BCUT2D eigenvalue weighted by Crippen LogP contribution is 2.28. The van der Waals surface area contributed by atoms with Crippen LogP contribution < -0.4 is 14.2 Å². The second-order valence-electron chi connectivity index (χ2n) is 7.48. The summed E-state index contributed by atoms with van der Waals surface area (Å²) in [5.41, 5.74) is 1.64. The van der Waals surface area contributed by atoms with Gasteiger partial charge < -0.3 is 23.7 Å². The maximum Gasteiger partial charge on any atom is 0.161 e. The van der Waals surface area contributed by atoms with Gasteiger partial charge in [-0.3, -0.25) is 9.69 Å². The van der Waals surface area contributed by atoms with E-state index < -0.39 is 6.10 Å². The lowest BCUT2D eigenvalue weighted by Gasteiger charge is -2.25. The standard InChI is InChI=1S/C25H29NO6/c1-18(27)20-7-9-22(10-8-20)32-17-21(28)15-26(16-23-5-4-12-31-23)14-19-6-11-24(29-2)25(13-19)30-3/h4-13,21,28H,14-17H2,1-3H3. The van der Waals surface area contributed by atoms with Crippen molar-refractivity contribution in [1.29, 1.82) is 0 Å². The summed E-state index contributed by atoms with van der Waals surface area (Å²) in [6.07, 6.45) is 0.909. The van der Waals surface area contributed by atoms with Gasteiger partial charge in [-0.2, -0.15) is 0 Å². The Kier molecular flexibility index (Phi) is 8.30. The van der Waals surface area contributed by atoms with Crippen molar-refractivity contribution in [3.8, 4) is 17.2 Å². The summed E-state index contributed by atoms with van der Waals surface area (Å²) in [5, 5.41) is 10.6. The monoisotopic (exact) mass is 439 g/mol. The maximum absolute atomic E-state index is 11.4. The molecule has 0 saturated heterocycles. The number of furan rings is 1. The number of aliphatic hydroxyl groups is 1. The van der Waals surface area contributed by atoms with Gasteiger partial charge in [-0.05, 0) is 61.0 Å². The smallest absolute Gasteiger partial charge is 0.161 e. The molecule has 32 heavy (non-hydrogen) atoms. The van der Waals surface area contributed by atoms with E-state index in [1.807, 2.05) is 30.3 Å². The molecule has 0 saturated carbocycles. The van der Waals surface area contributed by atoms with Gasteiger partial charge in [-0.1, -0.05) is 6.07 Å². The Labute approximate surface area is 188 Å². The third kappa shape index (κ3) is 6.60. The van der Waals surface area contributed by atoms with Crippen LogP contribution in [0.1, 0.15) is 28.6 Å². The van der Waals surface area contributed by atoms with E-state index >= 15 is 0 Å². The van der Waals surface area contributed by atoms with E-state index in [-0.39, 0.29) is 12.4 Å². The lowest BCUT2D eigenvalue weighted by Crippen LogP contribution is -2.35. The number of aliphatic hydroxyl groups excluding tert-OH is 1. The molecule has 0 aliphatic rings. The Morgan fingerprint density at radius 3 is 2.41 bits per heavy atom. The molecule has 2 aromatic carbocycles. The number of ether oxygens (including phenoxy) is 3. The minimum atomic E-state index is -0.724. The Hall–Kier alpha value is -3.29. The van der Waals surface area contributed by atoms with E-state index in [2.05, 4.69) is 4.90 Å². The molecule has 3 aromatic rings. The fourth-order valence-corrected chi connectivity index (χ4v) is 3.37. The van der Waals surface area contributed by atoms with Crippen LogP contribution >= 0.6 is 0 Å². The number of hydrogen-bond donors (Lipinski definition) is 1. The molecule has 7 heteroatoms. The van der Waals surface area contributed by atoms with Crippen LogP contribution in [0.4, 0.5) is 0 Å². The average molecular weight is 440 g/mol. The zero-order valence-corrected chi connectivity index (χ0v) is 18.6. The van der Waals surface area contributed by atoms with Crippen molar-refractivity contribution in [3.05, 3.63) is 77.7 Å². The normalized spacial score (nSPS) is 11.9. The van der Waals surface area contributed by atoms with Crippen LogP contribution in [-0.4, -0.2) is 49.3 Å². The minimum Gasteiger partial charge on any atom is -0.493 e. The van der Waals surface area contributed by atoms with Crippen LogP contribution in [0.2, 0.25) is 0 Å². The highest BCUT2D eigenvalue weighted by molar-refractivity contribution is 5.94. The molecule has 0 bridgehead atoms. The zero-order chi connectivity index (χ0) is 22.9. The summed E-state index contributed by atoms with van der Waals surface area (Å²) in [5.74, 6) is 2.73. The summed E-state index contributed by atoms with van der Waals surface area (Å²) in [6, 6.07) is 16.4. The molecule has 1 atom stereocenters. The number of nitrogens with zero attached hydrogens (tertiary/aromatic N) is 1. The molecule has 1 heterocycles. The summed E-state index contributed by atoms with van der Waals surface area (Å²) >= 11 is 0. The molecule has 0 amide bonds. The Morgan fingerprint density at radius 1 is 1.03 bits per heavy atom. The third-order valence-corrected chi connectivity index (χ3v) is 4.99. The fraction of sp³-hybridized carbons (Fsp3) is 0.320. The molecule has 1 N–H and O–H groups in total. The minimum absolute atomic E-state index is 0.000292. The van der Waals surface area contributed by atoms with Crippen molar-refractivity contribution in [3.63, 3.8) is 0 Å². The molecule has 0 aliphatic carbocycles. The molecule has 170 valence electrons. The number of methoxy groups -OCH3 is 2. The first kappa shape index (κ1) is 23.4. The van der Waals surface area contributed by atoms with Crippen LogP contribution in [0.3, 0.4) is 0 Å². The quantitative estimate of drug-likeness (QED) is 0.428. The molecule has 7 nitrogen and oxygen atoms in total. The number of carbonyl (C=O) groups excluding carboxylic acids is 1. The van der Waals surface area contributed by atoms with Gasteiger partial charge in [0.15, 0.2) is 17.3 Å². The summed E-state index contributed by atoms with van der Waals surface area (Å²) in [6.45, 7) is 3.13. The van der Waals surface area contributed by atoms with E-state index in [0.717, 1.165) is 11.3 Å². The molecular formula is C25H29NO6. The van der Waals surface area contributed by atoms with Crippen LogP contribution in [0.15, 0.2) is 65.3 Å². The topological polar surface area (TPSA) is 81.4 Å². The van der Waals surface area contributed by atoms with Gasteiger partial charge in [-0.25, -0.2) is 0 Å².